The smallest absolute Gasteiger partial charge is 0.133 e. The summed E-state index contributed by atoms with van der Waals surface area (Å²) >= 11 is 0. The highest BCUT2D eigenvalue weighted by Crippen LogP contribution is 2.62. The number of carbonyl (C=O) groups is 1. The van der Waals surface area contributed by atoms with Gasteiger partial charge in [-0.25, -0.2) is 4.39 Å². The van der Waals surface area contributed by atoms with Crippen LogP contribution in [0.3, 0.4) is 0 Å². The maximum atomic E-state index is 14.7. The topological polar surface area (TPSA) is 37.3 Å². The average molecular weight is 294 g/mol. The third-order valence-electron chi connectivity index (χ3n) is 7.72. The summed E-state index contributed by atoms with van der Waals surface area (Å²) in [6.07, 6.45) is 5.93. The molecule has 1 N–H and O–H groups in total. The summed E-state index contributed by atoms with van der Waals surface area (Å²) in [5.41, 5.74) is 0.0260. The van der Waals surface area contributed by atoms with Crippen molar-refractivity contribution in [2.45, 2.75) is 70.6 Å². The van der Waals surface area contributed by atoms with Gasteiger partial charge in [0.05, 0.1) is 6.10 Å². The minimum Gasteiger partial charge on any atom is -0.393 e. The second-order valence-corrected chi connectivity index (χ2v) is 8.43. The number of rotatable bonds is 0. The lowest BCUT2D eigenvalue weighted by Crippen LogP contribution is -2.52. The first-order chi connectivity index (χ1) is 10.0. The largest absolute Gasteiger partial charge is 0.393 e. The Morgan fingerprint density at radius 2 is 1.86 bits per heavy atom. The van der Waals surface area contributed by atoms with Crippen molar-refractivity contribution in [3.63, 3.8) is 0 Å². The van der Waals surface area contributed by atoms with E-state index in [1.807, 2.05) is 0 Å². The lowest BCUT2D eigenvalue weighted by molar-refractivity contribution is -0.134. The second-order valence-electron chi connectivity index (χ2n) is 8.43. The summed E-state index contributed by atoms with van der Waals surface area (Å²) < 4.78 is 14.7. The van der Waals surface area contributed by atoms with E-state index in [-0.39, 0.29) is 23.2 Å². The summed E-state index contributed by atoms with van der Waals surface area (Å²) in [4.78, 5) is 11.7. The van der Waals surface area contributed by atoms with Crippen molar-refractivity contribution in [3.05, 3.63) is 0 Å². The maximum Gasteiger partial charge on any atom is 0.133 e. The standard InChI is InChI=1S/C18H27FO2/c1-18-7-6-12-11-3-2-10(20)8-14(11)16(19)9-13(12)15(18)4-5-17(18)21/h11-17,21H,2-9H2,1H3/t11-,12-,13-,14+,15+,16-,17+,18+/m1/s1. The maximum absolute atomic E-state index is 14.7. The van der Waals surface area contributed by atoms with Crippen LogP contribution in [0.25, 0.3) is 0 Å². The molecule has 0 amide bonds. The van der Waals surface area contributed by atoms with Crippen LogP contribution < -0.4 is 0 Å². The number of Topliss-reactive ketones (excluding diaryl/α,β-unsaturated/α-hetero) is 1. The van der Waals surface area contributed by atoms with Gasteiger partial charge in [-0.2, -0.15) is 0 Å². The van der Waals surface area contributed by atoms with Crippen LogP contribution >= 0.6 is 0 Å². The van der Waals surface area contributed by atoms with Gasteiger partial charge in [-0.1, -0.05) is 6.92 Å². The Morgan fingerprint density at radius 1 is 1.10 bits per heavy atom. The van der Waals surface area contributed by atoms with Crippen LogP contribution in [0.2, 0.25) is 0 Å². The van der Waals surface area contributed by atoms with E-state index in [9.17, 15) is 14.3 Å². The molecule has 8 atom stereocenters. The molecule has 2 nitrogen and oxygen atoms in total. The first kappa shape index (κ1) is 14.2. The number of aliphatic hydroxyl groups excluding tert-OH is 1. The molecule has 0 saturated heterocycles. The van der Waals surface area contributed by atoms with Gasteiger partial charge < -0.3 is 5.11 Å². The SMILES string of the molecule is C[C@]12CC[C@@H]3[C@H]4CCC(=O)C[C@@H]4[C@H](F)C[C@H]3[C@@H]1CC[C@@H]2O. The number of hydrogen-bond acceptors (Lipinski definition) is 2. The molecule has 0 heterocycles. The van der Waals surface area contributed by atoms with Crippen LogP contribution in [0, 0.1) is 35.0 Å². The number of hydrogen-bond donors (Lipinski definition) is 1. The van der Waals surface area contributed by atoms with E-state index in [2.05, 4.69) is 6.92 Å². The normalized spacial score (nSPS) is 56.5. The lowest BCUT2D eigenvalue weighted by Gasteiger charge is -2.55. The van der Waals surface area contributed by atoms with Crippen LogP contribution in [-0.4, -0.2) is 23.2 Å². The van der Waals surface area contributed by atoms with Gasteiger partial charge in [0.1, 0.15) is 12.0 Å². The van der Waals surface area contributed by atoms with Crippen molar-refractivity contribution >= 4 is 5.78 Å². The van der Waals surface area contributed by atoms with Gasteiger partial charge in [0.2, 0.25) is 0 Å². The molecule has 3 heteroatoms. The summed E-state index contributed by atoms with van der Waals surface area (Å²) in [5.74, 6) is 2.27. The molecule has 21 heavy (non-hydrogen) atoms. The van der Waals surface area contributed by atoms with E-state index in [1.54, 1.807) is 0 Å². The molecule has 0 radical (unpaired) electrons. The van der Waals surface area contributed by atoms with E-state index in [4.69, 9.17) is 0 Å². The van der Waals surface area contributed by atoms with Crippen molar-refractivity contribution in [1.29, 1.82) is 0 Å². The summed E-state index contributed by atoms with van der Waals surface area (Å²) in [5, 5.41) is 10.4. The zero-order chi connectivity index (χ0) is 14.8. The molecule has 0 aromatic heterocycles. The van der Waals surface area contributed by atoms with Gasteiger partial charge in [-0.3, -0.25) is 4.79 Å². The highest BCUT2D eigenvalue weighted by atomic mass is 19.1. The molecule has 4 fully saturated rings. The second kappa shape index (κ2) is 4.78. The molecular formula is C18H27FO2. The zero-order valence-electron chi connectivity index (χ0n) is 12.9. The Kier molecular flexibility index (Phi) is 3.22. The molecule has 0 aliphatic heterocycles. The van der Waals surface area contributed by atoms with Gasteiger partial charge in [0.15, 0.2) is 0 Å². The number of aliphatic hydroxyl groups is 1. The monoisotopic (exact) mass is 294 g/mol. The molecule has 4 rings (SSSR count). The molecule has 0 aromatic carbocycles. The molecule has 4 aliphatic carbocycles. The zero-order valence-corrected chi connectivity index (χ0v) is 12.9. The predicted octanol–water partition coefficient (Wildman–Crippen LogP) is 3.52. The van der Waals surface area contributed by atoms with Gasteiger partial charge in [-0.15, -0.1) is 0 Å². The molecule has 0 aromatic rings. The van der Waals surface area contributed by atoms with Gasteiger partial charge in [0.25, 0.3) is 0 Å². The average Bonchev–Trinajstić information content (AvgIpc) is 2.76. The van der Waals surface area contributed by atoms with Crippen LogP contribution in [0.5, 0.6) is 0 Å². The number of ketones is 1. The van der Waals surface area contributed by atoms with Crippen LogP contribution in [0.1, 0.15) is 58.3 Å². The Hall–Kier alpha value is -0.440. The molecule has 0 bridgehead atoms. The van der Waals surface area contributed by atoms with Gasteiger partial charge >= 0.3 is 0 Å². The fraction of sp³-hybridized carbons (Fsp3) is 0.944. The van der Waals surface area contributed by atoms with Gasteiger partial charge in [-0.05, 0) is 67.6 Å². The predicted molar refractivity (Wildman–Crippen MR) is 78.4 cm³/mol. The lowest BCUT2D eigenvalue weighted by atomic mass is 9.50. The third kappa shape index (κ3) is 1.95. The molecule has 4 aliphatic rings. The highest BCUT2D eigenvalue weighted by molar-refractivity contribution is 5.79. The Bertz CT molecular complexity index is 450. The summed E-state index contributed by atoms with van der Waals surface area (Å²) in [7, 11) is 0. The molecular weight excluding hydrogens is 267 g/mol. The van der Waals surface area contributed by atoms with Crippen molar-refractivity contribution < 1.29 is 14.3 Å². The van der Waals surface area contributed by atoms with E-state index in [0.29, 0.717) is 42.9 Å². The van der Waals surface area contributed by atoms with E-state index in [1.165, 1.54) is 0 Å². The molecule has 0 spiro atoms. The fourth-order valence-electron chi connectivity index (χ4n) is 6.58. The molecule has 0 unspecified atom stereocenters. The number of carbonyl (C=O) groups excluding carboxylic acids is 1. The minimum atomic E-state index is -0.791. The summed E-state index contributed by atoms with van der Waals surface area (Å²) in [6, 6.07) is 0. The van der Waals surface area contributed by atoms with Crippen molar-refractivity contribution in [1.82, 2.24) is 0 Å². The Morgan fingerprint density at radius 3 is 2.67 bits per heavy atom. The first-order valence-electron chi connectivity index (χ1n) is 8.84. The third-order valence-corrected chi connectivity index (χ3v) is 7.72. The van der Waals surface area contributed by atoms with Crippen molar-refractivity contribution in [3.8, 4) is 0 Å². The van der Waals surface area contributed by atoms with Crippen LogP contribution in [-0.2, 0) is 4.79 Å². The van der Waals surface area contributed by atoms with Crippen molar-refractivity contribution in [2.75, 3.05) is 0 Å². The molecule has 4 saturated carbocycles. The number of halogens is 1. The number of fused-ring (bicyclic) bond motifs is 5. The fourth-order valence-corrected chi connectivity index (χ4v) is 6.58. The first-order valence-corrected chi connectivity index (χ1v) is 8.84. The Balaban J connectivity index is 1.62. The van der Waals surface area contributed by atoms with Gasteiger partial charge in [0, 0.05) is 18.8 Å². The minimum absolute atomic E-state index is 0.00295. The number of alkyl halides is 1. The molecule has 118 valence electrons. The Labute approximate surface area is 126 Å². The highest BCUT2D eigenvalue weighted by Gasteiger charge is 2.58. The van der Waals surface area contributed by atoms with Crippen molar-refractivity contribution in [2.24, 2.45) is 35.0 Å². The van der Waals surface area contributed by atoms with Crippen LogP contribution in [0.15, 0.2) is 0 Å². The van der Waals surface area contributed by atoms with E-state index in [0.717, 1.165) is 32.1 Å². The summed E-state index contributed by atoms with van der Waals surface area (Å²) in [6.45, 7) is 2.23. The van der Waals surface area contributed by atoms with E-state index < -0.39 is 6.17 Å². The van der Waals surface area contributed by atoms with Crippen LogP contribution in [0.4, 0.5) is 4.39 Å². The van der Waals surface area contributed by atoms with E-state index >= 15 is 0 Å². The quantitative estimate of drug-likeness (QED) is 0.742.